The lowest BCUT2D eigenvalue weighted by Crippen LogP contribution is -2.63. The van der Waals surface area contributed by atoms with Crippen LogP contribution in [0.3, 0.4) is 0 Å². The second kappa shape index (κ2) is 5.41. The van der Waals surface area contributed by atoms with E-state index in [1.54, 1.807) is 19.1 Å². The number of carbonyl (C=O) groups excluding carboxylic acids is 1. The lowest BCUT2D eigenvalue weighted by atomic mass is 9.60. The monoisotopic (exact) mass is 301 g/mol. The molecule has 1 heterocycles. The smallest absolute Gasteiger partial charge is 0.410 e. The van der Waals surface area contributed by atoms with Crippen molar-refractivity contribution in [3.8, 4) is 0 Å². The summed E-state index contributed by atoms with van der Waals surface area (Å²) in [5.74, 6) is -0.573. The molecule has 6 nitrogen and oxygen atoms in total. The Morgan fingerprint density at radius 1 is 1.24 bits per heavy atom. The minimum Gasteiger partial charge on any atom is -0.444 e. The van der Waals surface area contributed by atoms with Crippen molar-refractivity contribution in [1.82, 2.24) is 4.90 Å². The molecule has 1 spiro atoms. The number of hydrogen-bond donors (Lipinski definition) is 1. The first kappa shape index (κ1) is 16.5. The largest absolute Gasteiger partial charge is 0.444 e. The molecule has 1 saturated carbocycles. The summed E-state index contributed by atoms with van der Waals surface area (Å²) in [6.07, 6.45) is 1.14. The average Bonchev–Trinajstić information content (AvgIpc) is 2.32. The predicted molar refractivity (Wildman–Crippen MR) is 76.8 cm³/mol. The third kappa shape index (κ3) is 3.49. The molecule has 0 aromatic rings. The van der Waals surface area contributed by atoms with E-state index < -0.39 is 17.5 Å². The molecular formula is C15H27NO5. The maximum absolute atomic E-state index is 12.2. The zero-order chi connectivity index (χ0) is 15.9. The topological polar surface area (TPSA) is 68.2 Å². The van der Waals surface area contributed by atoms with Crippen LogP contribution in [0.1, 0.15) is 40.0 Å². The van der Waals surface area contributed by atoms with E-state index in [1.807, 2.05) is 20.8 Å². The molecule has 1 atom stereocenters. The van der Waals surface area contributed by atoms with Crippen LogP contribution in [0.25, 0.3) is 0 Å². The maximum Gasteiger partial charge on any atom is 0.410 e. The van der Waals surface area contributed by atoms with E-state index >= 15 is 0 Å². The van der Waals surface area contributed by atoms with E-state index in [1.165, 1.54) is 0 Å². The van der Waals surface area contributed by atoms with Gasteiger partial charge < -0.3 is 24.2 Å². The Labute approximate surface area is 126 Å². The first-order valence-electron chi connectivity index (χ1n) is 7.39. The summed E-state index contributed by atoms with van der Waals surface area (Å²) in [5, 5.41) is 10.1. The van der Waals surface area contributed by atoms with E-state index in [-0.39, 0.29) is 11.5 Å². The first-order valence-corrected chi connectivity index (χ1v) is 7.39. The van der Waals surface area contributed by atoms with Gasteiger partial charge in [0, 0.05) is 45.6 Å². The predicted octanol–water partition coefficient (Wildman–Crippen LogP) is 1.76. The second-order valence-corrected chi connectivity index (χ2v) is 7.39. The van der Waals surface area contributed by atoms with Gasteiger partial charge >= 0.3 is 6.09 Å². The van der Waals surface area contributed by atoms with Crippen LogP contribution < -0.4 is 0 Å². The van der Waals surface area contributed by atoms with Gasteiger partial charge in [-0.2, -0.15) is 0 Å². The lowest BCUT2D eigenvalue weighted by Gasteiger charge is -2.58. The molecule has 2 rings (SSSR count). The fraction of sp³-hybridized carbons (Fsp3) is 0.933. The summed E-state index contributed by atoms with van der Waals surface area (Å²) in [5.41, 5.74) is -0.671. The van der Waals surface area contributed by atoms with Crippen molar-refractivity contribution in [2.24, 2.45) is 5.41 Å². The minimum absolute atomic E-state index is 0.138. The molecule has 0 radical (unpaired) electrons. The molecule has 0 aromatic carbocycles. The molecule has 122 valence electrons. The Morgan fingerprint density at radius 3 is 2.29 bits per heavy atom. The zero-order valence-corrected chi connectivity index (χ0v) is 13.6. The number of hydrogen-bond acceptors (Lipinski definition) is 5. The molecule has 1 saturated heterocycles. The Kier molecular flexibility index (Phi) is 4.26. The standard InChI is InChI=1S/C15H27NO5/c1-13(2,3)21-12(18)16-7-11(17)6-14(10-16)8-15(9-14,19-4)20-5/h11,17H,6-10H2,1-5H3. The van der Waals surface area contributed by atoms with Gasteiger partial charge in [-0.15, -0.1) is 0 Å². The van der Waals surface area contributed by atoms with Crippen molar-refractivity contribution in [1.29, 1.82) is 0 Å². The number of piperidine rings is 1. The van der Waals surface area contributed by atoms with Crippen LogP contribution in [0.4, 0.5) is 4.79 Å². The Morgan fingerprint density at radius 2 is 1.81 bits per heavy atom. The third-order valence-corrected chi connectivity index (χ3v) is 4.31. The highest BCUT2D eigenvalue weighted by Gasteiger charge is 2.59. The highest BCUT2D eigenvalue weighted by atomic mass is 16.7. The van der Waals surface area contributed by atoms with E-state index in [2.05, 4.69) is 0 Å². The van der Waals surface area contributed by atoms with Crippen molar-refractivity contribution in [2.45, 2.75) is 57.5 Å². The van der Waals surface area contributed by atoms with Crippen LogP contribution in [0, 0.1) is 5.41 Å². The normalized spacial score (nSPS) is 27.3. The molecule has 2 fully saturated rings. The summed E-state index contributed by atoms with van der Waals surface area (Å²) >= 11 is 0. The van der Waals surface area contributed by atoms with E-state index in [4.69, 9.17) is 14.2 Å². The molecule has 1 aliphatic carbocycles. The van der Waals surface area contributed by atoms with Crippen LogP contribution in [-0.2, 0) is 14.2 Å². The molecule has 0 aromatic heterocycles. The quantitative estimate of drug-likeness (QED) is 0.787. The highest BCUT2D eigenvalue weighted by Crippen LogP contribution is 2.55. The number of nitrogens with zero attached hydrogens (tertiary/aromatic N) is 1. The fourth-order valence-electron chi connectivity index (χ4n) is 3.54. The van der Waals surface area contributed by atoms with Gasteiger partial charge in [-0.3, -0.25) is 0 Å². The van der Waals surface area contributed by atoms with Crippen LogP contribution in [0.2, 0.25) is 0 Å². The van der Waals surface area contributed by atoms with Crippen molar-refractivity contribution < 1.29 is 24.1 Å². The van der Waals surface area contributed by atoms with Gasteiger partial charge in [-0.25, -0.2) is 4.79 Å². The van der Waals surface area contributed by atoms with E-state index in [0.29, 0.717) is 32.4 Å². The summed E-state index contributed by atoms with van der Waals surface area (Å²) in [7, 11) is 3.25. The number of amides is 1. The number of β-amino-alcohol motifs (C(OH)–C–C–N with tert-alkyl or cyclic N) is 1. The number of methoxy groups -OCH3 is 2. The zero-order valence-electron chi connectivity index (χ0n) is 13.6. The van der Waals surface area contributed by atoms with Crippen LogP contribution in [0.5, 0.6) is 0 Å². The number of rotatable bonds is 2. The Balaban J connectivity index is 2.03. The van der Waals surface area contributed by atoms with Gasteiger partial charge in [0.1, 0.15) is 5.60 Å². The Bertz CT molecular complexity index is 391. The van der Waals surface area contributed by atoms with Gasteiger partial charge in [0.2, 0.25) is 0 Å². The summed E-state index contributed by atoms with van der Waals surface area (Å²) in [6.45, 7) is 6.42. The van der Waals surface area contributed by atoms with Gasteiger partial charge in [-0.05, 0) is 27.2 Å². The second-order valence-electron chi connectivity index (χ2n) is 7.39. The molecule has 1 aliphatic heterocycles. The molecule has 1 amide bonds. The van der Waals surface area contributed by atoms with Crippen LogP contribution >= 0.6 is 0 Å². The Hall–Kier alpha value is -0.850. The molecule has 6 heteroatoms. The minimum atomic E-state index is -0.573. The van der Waals surface area contributed by atoms with E-state index in [9.17, 15) is 9.90 Å². The average molecular weight is 301 g/mol. The maximum atomic E-state index is 12.2. The first-order chi connectivity index (χ1) is 9.63. The number of aliphatic hydroxyl groups excluding tert-OH is 1. The van der Waals surface area contributed by atoms with Crippen LogP contribution in [0.15, 0.2) is 0 Å². The van der Waals surface area contributed by atoms with Crippen molar-refractivity contribution in [2.75, 3.05) is 27.3 Å². The van der Waals surface area contributed by atoms with Crippen LogP contribution in [-0.4, -0.2) is 60.9 Å². The number of carbonyl (C=O) groups is 1. The van der Waals surface area contributed by atoms with Gasteiger partial charge in [0.05, 0.1) is 6.10 Å². The van der Waals surface area contributed by atoms with E-state index in [0.717, 1.165) is 0 Å². The summed E-state index contributed by atoms with van der Waals surface area (Å²) < 4.78 is 16.3. The summed E-state index contributed by atoms with van der Waals surface area (Å²) in [4.78, 5) is 13.8. The van der Waals surface area contributed by atoms with Gasteiger partial charge in [0.15, 0.2) is 5.79 Å². The van der Waals surface area contributed by atoms with Crippen molar-refractivity contribution in [3.05, 3.63) is 0 Å². The molecule has 0 bridgehead atoms. The fourth-order valence-corrected chi connectivity index (χ4v) is 3.54. The molecule has 21 heavy (non-hydrogen) atoms. The molecular weight excluding hydrogens is 274 g/mol. The highest BCUT2D eigenvalue weighted by molar-refractivity contribution is 5.68. The molecule has 2 aliphatic rings. The SMILES string of the molecule is COC1(OC)CC2(CC(O)CN(C(=O)OC(C)(C)C)C2)C1. The third-order valence-electron chi connectivity index (χ3n) is 4.31. The number of ether oxygens (including phenoxy) is 3. The summed E-state index contributed by atoms with van der Waals surface area (Å²) in [6, 6.07) is 0. The van der Waals surface area contributed by atoms with Gasteiger partial charge in [0.25, 0.3) is 0 Å². The number of likely N-dealkylation sites (tertiary alicyclic amines) is 1. The lowest BCUT2D eigenvalue weighted by molar-refractivity contribution is -0.307. The number of aliphatic hydroxyl groups is 1. The van der Waals surface area contributed by atoms with Crippen molar-refractivity contribution in [3.63, 3.8) is 0 Å². The molecule has 1 unspecified atom stereocenters. The van der Waals surface area contributed by atoms with Gasteiger partial charge in [-0.1, -0.05) is 0 Å². The van der Waals surface area contributed by atoms with Crippen molar-refractivity contribution >= 4 is 6.09 Å². The molecule has 1 N–H and O–H groups in total.